The maximum atomic E-state index is 13.1. The van der Waals surface area contributed by atoms with E-state index in [0.29, 0.717) is 6.20 Å². The monoisotopic (exact) mass is 351 g/mol. The Kier molecular flexibility index (Phi) is 5.49. The molecule has 0 saturated carbocycles. The number of hydrogen-bond donors (Lipinski definition) is 0. The van der Waals surface area contributed by atoms with Crippen molar-refractivity contribution in [3.8, 4) is 5.88 Å². The van der Waals surface area contributed by atoms with Gasteiger partial charge in [-0.15, -0.1) is 24.8 Å². The van der Waals surface area contributed by atoms with Crippen LogP contribution >= 0.6 is 11.6 Å². The lowest BCUT2D eigenvalue weighted by atomic mass is 10.0. The molecule has 1 aromatic rings. The van der Waals surface area contributed by atoms with E-state index in [1.165, 1.54) is 0 Å². The molecule has 1 heterocycles. The molecular formula is C11H8ClF6NO3. The van der Waals surface area contributed by atoms with Gasteiger partial charge in [-0.05, 0) is 5.56 Å². The number of aromatic nitrogens is 1. The van der Waals surface area contributed by atoms with Crippen LogP contribution in [0, 0.1) is 0 Å². The summed E-state index contributed by atoms with van der Waals surface area (Å²) < 4.78 is 83.5. The Bertz CT molecular complexity index is 558. The first-order chi connectivity index (χ1) is 9.99. The molecular weight excluding hydrogens is 344 g/mol. The second-order valence-corrected chi connectivity index (χ2v) is 4.14. The molecule has 0 aromatic carbocycles. The van der Waals surface area contributed by atoms with Gasteiger partial charge in [-0.1, -0.05) is 0 Å². The van der Waals surface area contributed by atoms with E-state index < -0.39 is 53.4 Å². The van der Waals surface area contributed by atoms with Gasteiger partial charge in [0.2, 0.25) is 5.88 Å². The van der Waals surface area contributed by atoms with Gasteiger partial charge in [0.05, 0.1) is 25.0 Å². The molecule has 0 atom stereocenters. The standard InChI is InChI=1S/C11H8ClF6NO3/c1-21-7(20)2-5-4-19-9(22-11(16,17)18)6(3-12)8(5)10(13,14)15/h4H,2-3H2,1H3. The van der Waals surface area contributed by atoms with Gasteiger partial charge in [0.15, 0.2) is 0 Å². The van der Waals surface area contributed by atoms with Gasteiger partial charge < -0.3 is 9.47 Å². The van der Waals surface area contributed by atoms with E-state index in [4.69, 9.17) is 11.6 Å². The van der Waals surface area contributed by atoms with Crippen molar-refractivity contribution in [2.24, 2.45) is 0 Å². The Hall–Kier alpha value is -1.71. The molecule has 124 valence electrons. The van der Waals surface area contributed by atoms with E-state index in [9.17, 15) is 31.1 Å². The number of hydrogen-bond acceptors (Lipinski definition) is 4. The molecule has 0 aliphatic heterocycles. The van der Waals surface area contributed by atoms with Crippen molar-refractivity contribution in [2.45, 2.75) is 24.8 Å². The lowest BCUT2D eigenvalue weighted by molar-refractivity contribution is -0.276. The highest BCUT2D eigenvalue weighted by Gasteiger charge is 2.40. The number of esters is 1. The lowest BCUT2D eigenvalue weighted by Gasteiger charge is -2.19. The molecule has 0 unspecified atom stereocenters. The smallest absolute Gasteiger partial charge is 0.469 e. The topological polar surface area (TPSA) is 48.4 Å². The summed E-state index contributed by atoms with van der Waals surface area (Å²) in [6, 6.07) is 0. The van der Waals surface area contributed by atoms with E-state index in [0.717, 1.165) is 7.11 Å². The number of ether oxygens (including phenoxy) is 2. The van der Waals surface area contributed by atoms with Crippen LogP contribution in [0.15, 0.2) is 6.20 Å². The summed E-state index contributed by atoms with van der Waals surface area (Å²) in [4.78, 5) is 14.3. The van der Waals surface area contributed by atoms with Crippen LogP contribution in [0.4, 0.5) is 26.3 Å². The third kappa shape index (κ3) is 4.65. The Morgan fingerprint density at radius 2 is 1.86 bits per heavy atom. The second kappa shape index (κ2) is 6.59. The highest BCUT2D eigenvalue weighted by Crippen LogP contribution is 2.39. The van der Waals surface area contributed by atoms with Crippen LogP contribution in [0.25, 0.3) is 0 Å². The molecule has 0 amide bonds. The van der Waals surface area contributed by atoms with Crippen LogP contribution in [0.1, 0.15) is 16.7 Å². The highest BCUT2D eigenvalue weighted by atomic mass is 35.5. The van der Waals surface area contributed by atoms with Crippen LogP contribution in [-0.4, -0.2) is 24.4 Å². The first-order valence-electron chi connectivity index (χ1n) is 5.46. The van der Waals surface area contributed by atoms with Gasteiger partial charge in [0.1, 0.15) is 0 Å². The van der Waals surface area contributed by atoms with E-state index in [-0.39, 0.29) is 0 Å². The van der Waals surface area contributed by atoms with Crippen molar-refractivity contribution in [3.05, 3.63) is 22.9 Å². The number of methoxy groups -OCH3 is 1. The molecule has 0 aliphatic rings. The third-order valence-electron chi connectivity index (χ3n) is 2.41. The van der Waals surface area contributed by atoms with E-state index in [2.05, 4.69) is 14.5 Å². The second-order valence-electron chi connectivity index (χ2n) is 3.87. The molecule has 0 fully saturated rings. The summed E-state index contributed by atoms with van der Waals surface area (Å²) in [5.74, 6) is -3.27. The summed E-state index contributed by atoms with van der Waals surface area (Å²) in [5.41, 5.74) is -3.17. The predicted octanol–water partition coefficient (Wildman–Crippen LogP) is 3.45. The Morgan fingerprint density at radius 3 is 2.27 bits per heavy atom. The van der Waals surface area contributed by atoms with E-state index in [1.54, 1.807) is 0 Å². The molecule has 11 heteroatoms. The zero-order valence-corrected chi connectivity index (χ0v) is 11.6. The largest absolute Gasteiger partial charge is 0.574 e. The summed E-state index contributed by atoms with van der Waals surface area (Å²) in [6.45, 7) is 0. The molecule has 4 nitrogen and oxygen atoms in total. The predicted molar refractivity (Wildman–Crippen MR) is 61.2 cm³/mol. The SMILES string of the molecule is COC(=O)Cc1cnc(OC(F)(F)F)c(CCl)c1C(F)(F)F. The summed E-state index contributed by atoms with van der Waals surface area (Å²) in [6.07, 6.45) is -10.6. The van der Waals surface area contributed by atoms with Crippen molar-refractivity contribution >= 4 is 17.6 Å². The summed E-state index contributed by atoms with van der Waals surface area (Å²) in [7, 11) is 0.951. The fourth-order valence-electron chi connectivity index (χ4n) is 1.62. The number of pyridine rings is 1. The van der Waals surface area contributed by atoms with Crippen molar-refractivity contribution in [3.63, 3.8) is 0 Å². The minimum Gasteiger partial charge on any atom is -0.469 e. The number of rotatable bonds is 4. The summed E-state index contributed by atoms with van der Waals surface area (Å²) in [5, 5.41) is 0. The quantitative estimate of drug-likeness (QED) is 0.473. The Labute approximate surface area is 125 Å². The first-order valence-corrected chi connectivity index (χ1v) is 5.99. The van der Waals surface area contributed by atoms with Crippen LogP contribution in [0.5, 0.6) is 5.88 Å². The van der Waals surface area contributed by atoms with Gasteiger partial charge in [0.25, 0.3) is 0 Å². The van der Waals surface area contributed by atoms with Crippen molar-refractivity contribution < 1.29 is 40.6 Å². The third-order valence-corrected chi connectivity index (χ3v) is 2.68. The number of alkyl halides is 7. The van der Waals surface area contributed by atoms with Crippen molar-refractivity contribution in [1.82, 2.24) is 4.98 Å². The van der Waals surface area contributed by atoms with Gasteiger partial charge in [0, 0.05) is 11.8 Å². The van der Waals surface area contributed by atoms with Crippen LogP contribution < -0.4 is 4.74 Å². The highest BCUT2D eigenvalue weighted by molar-refractivity contribution is 6.17. The Balaban J connectivity index is 3.47. The zero-order valence-electron chi connectivity index (χ0n) is 10.8. The van der Waals surface area contributed by atoms with E-state index in [1.807, 2.05) is 0 Å². The van der Waals surface area contributed by atoms with Gasteiger partial charge in [-0.2, -0.15) is 13.2 Å². The Morgan fingerprint density at radius 1 is 1.27 bits per heavy atom. The van der Waals surface area contributed by atoms with Crippen LogP contribution in [0.2, 0.25) is 0 Å². The number of nitrogens with zero attached hydrogens (tertiary/aromatic N) is 1. The molecule has 22 heavy (non-hydrogen) atoms. The first kappa shape index (κ1) is 18.3. The van der Waals surface area contributed by atoms with Gasteiger partial charge >= 0.3 is 18.5 Å². The number of carbonyl (C=O) groups excluding carboxylic acids is 1. The molecule has 1 aromatic heterocycles. The molecule has 1 rings (SSSR count). The molecule has 0 spiro atoms. The number of carbonyl (C=O) groups is 1. The summed E-state index contributed by atoms with van der Waals surface area (Å²) >= 11 is 5.31. The zero-order chi connectivity index (χ0) is 17.1. The lowest BCUT2D eigenvalue weighted by Crippen LogP contribution is -2.22. The van der Waals surface area contributed by atoms with Crippen molar-refractivity contribution in [1.29, 1.82) is 0 Å². The van der Waals surface area contributed by atoms with Crippen LogP contribution in [0.3, 0.4) is 0 Å². The molecule has 0 saturated heterocycles. The molecule has 0 aliphatic carbocycles. The van der Waals surface area contributed by atoms with Gasteiger partial charge in [-0.25, -0.2) is 4.98 Å². The van der Waals surface area contributed by atoms with Gasteiger partial charge in [-0.3, -0.25) is 4.79 Å². The minimum absolute atomic E-state index is 0.469. The average Bonchev–Trinajstić information content (AvgIpc) is 2.36. The maximum Gasteiger partial charge on any atom is 0.574 e. The molecule has 0 radical (unpaired) electrons. The van der Waals surface area contributed by atoms with E-state index >= 15 is 0 Å². The number of halogens is 7. The van der Waals surface area contributed by atoms with Crippen LogP contribution in [-0.2, 0) is 28.0 Å². The minimum atomic E-state index is -5.24. The normalized spacial score (nSPS) is 12.2. The fourth-order valence-corrected chi connectivity index (χ4v) is 1.86. The maximum absolute atomic E-state index is 13.1. The molecule has 0 bridgehead atoms. The van der Waals surface area contributed by atoms with Crippen molar-refractivity contribution in [2.75, 3.05) is 7.11 Å². The fraction of sp³-hybridized carbons (Fsp3) is 0.455. The molecule has 0 N–H and O–H groups in total. The average molecular weight is 352 g/mol.